The molecule has 84 valence electrons. The van der Waals surface area contributed by atoms with Gasteiger partial charge in [-0.05, 0) is 19.1 Å². The minimum atomic E-state index is -0.0420. The van der Waals surface area contributed by atoms with Gasteiger partial charge in [-0.15, -0.1) is 0 Å². The van der Waals surface area contributed by atoms with Crippen LogP contribution in [0.1, 0.15) is 24.3 Å². The first-order valence-electron chi connectivity index (χ1n) is 5.12. The highest BCUT2D eigenvalue weighted by molar-refractivity contribution is 5.92. The number of rotatable bonds is 4. The van der Waals surface area contributed by atoms with E-state index in [2.05, 4.69) is 11.1 Å². The lowest BCUT2D eigenvalue weighted by Crippen LogP contribution is -2.23. The molecule has 1 rings (SSSR count). The molecule has 0 aromatic carbocycles. The van der Waals surface area contributed by atoms with Crippen molar-refractivity contribution in [2.75, 3.05) is 18.5 Å². The first-order valence-corrected chi connectivity index (χ1v) is 5.12. The Bertz CT molecular complexity index is 405. The van der Waals surface area contributed by atoms with Crippen LogP contribution in [-0.2, 0) is 0 Å². The Balaban J connectivity index is 2.74. The molecule has 0 saturated carbocycles. The van der Waals surface area contributed by atoms with E-state index < -0.39 is 0 Å². The summed E-state index contributed by atoms with van der Waals surface area (Å²) in [5.74, 6) is -0.0721. The van der Waals surface area contributed by atoms with Crippen LogP contribution in [0.15, 0.2) is 18.3 Å². The van der Waals surface area contributed by atoms with Gasteiger partial charge in [-0.2, -0.15) is 5.26 Å². The SMILES string of the molecule is CC(=O)c1ccc(N(C)CC(C)C#N)cn1. The van der Waals surface area contributed by atoms with Crippen LogP contribution in [0.25, 0.3) is 0 Å². The summed E-state index contributed by atoms with van der Waals surface area (Å²) in [7, 11) is 1.90. The summed E-state index contributed by atoms with van der Waals surface area (Å²) >= 11 is 0. The number of carbonyl (C=O) groups excluding carboxylic acids is 1. The predicted octanol–water partition coefficient (Wildman–Crippen LogP) is 1.88. The Labute approximate surface area is 95.5 Å². The number of hydrogen-bond donors (Lipinski definition) is 0. The number of ketones is 1. The van der Waals surface area contributed by atoms with Gasteiger partial charge in [0.15, 0.2) is 5.78 Å². The number of Topliss-reactive ketones (excluding diaryl/α,β-unsaturated/α-hetero) is 1. The Morgan fingerprint density at radius 3 is 2.75 bits per heavy atom. The molecule has 0 aliphatic carbocycles. The molecule has 0 aliphatic rings. The normalized spacial score (nSPS) is 11.6. The molecular formula is C12H15N3O. The number of pyridine rings is 1. The quantitative estimate of drug-likeness (QED) is 0.722. The minimum absolute atomic E-state index is 0.0301. The highest BCUT2D eigenvalue weighted by Gasteiger charge is 2.07. The molecule has 0 bridgehead atoms. The van der Waals surface area contributed by atoms with Crippen LogP contribution >= 0.6 is 0 Å². The summed E-state index contributed by atoms with van der Waals surface area (Å²) in [5.41, 5.74) is 1.37. The van der Waals surface area contributed by atoms with Crippen LogP contribution in [0, 0.1) is 17.2 Å². The van der Waals surface area contributed by atoms with Gasteiger partial charge in [-0.1, -0.05) is 0 Å². The predicted molar refractivity (Wildman–Crippen MR) is 62.3 cm³/mol. The molecule has 4 nitrogen and oxygen atoms in total. The van der Waals surface area contributed by atoms with Gasteiger partial charge in [-0.25, -0.2) is 0 Å². The third-order valence-electron chi connectivity index (χ3n) is 2.32. The van der Waals surface area contributed by atoms with E-state index in [1.54, 1.807) is 12.3 Å². The number of aromatic nitrogens is 1. The Kier molecular flexibility index (Phi) is 4.01. The number of nitriles is 1. The third kappa shape index (κ3) is 3.06. The topological polar surface area (TPSA) is 57.0 Å². The molecule has 0 saturated heterocycles. The van der Waals surface area contributed by atoms with Crippen LogP contribution in [0.2, 0.25) is 0 Å². The summed E-state index contributed by atoms with van der Waals surface area (Å²) in [4.78, 5) is 17.0. The van der Waals surface area contributed by atoms with E-state index in [0.29, 0.717) is 12.2 Å². The van der Waals surface area contributed by atoms with Crippen molar-refractivity contribution in [3.63, 3.8) is 0 Å². The first kappa shape index (κ1) is 12.2. The molecule has 1 unspecified atom stereocenters. The molecule has 0 aliphatic heterocycles. The maximum Gasteiger partial charge on any atom is 0.178 e. The highest BCUT2D eigenvalue weighted by atomic mass is 16.1. The molecule has 4 heteroatoms. The van der Waals surface area contributed by atoms with Gasteiger partial charge in [0, 0.05) is 20.5 Å². The second-order valence-corrected chi connectivity index (χ2v) is 3.87. The van der Waals surface area contributed by atoms with Gasteiger partial charge in [0.1, 0.15) is 5.69 Å². The van der Waals surface area contributed by atoms with Gasteiger partial charge < -0.3 is 4.90 Å². The van der Waals surface area contributed by atoms with Gasteiger partial charge in [-0.3, -0.25) is 9.78 Å². The molecule has 1 atom stereocenters. The largest absolute Gasteiger partial charge is 0.372 e. The molecule has 0 N–H and O–H groups in total. The fourth-order valence-electron chi connectivity index (χ4n) is 1.38. The lowest BCUT2D eigenvalue weighted by Gasteiger charge is -2.19. The minimum Gasteiger partial charge on any atom is -0.372 e. The van der Waals surface area contributed by atoms with Crippen LogP contribution in [-0.4, -0.2) is 24.4 Å². The van der Waals surface area contributed by atoms with Crippen LogP contribution in [0.3, 0.4) is 0 Å². The van der Waals surface area contributed by atoms with Crippen molar-refractivity contribution < 1.29 is 4.79 Å². The van der Waals surface area contributed by atoms with Crippen molar-refractivity contribution in [3.8, 4) is 6.07 Å². The zero-order valence-electron chi connectivity index (χ0n) is 9.77. The fourth-order valence-corrected chi connectivity index (χ4v) is 1.38. The molecule has 0 radical (unpaired) electrons. The molecular weight excluding hydrogens is 202 g/mol. The molecule has 0 spiro atoms. The smallest absolute Gasteiger partial charge is 0.178 e. The average molecular weight is 217 g/mol. The average Bonchev–Trinajstić information content (AvgIpc) is 2.28. The summed E-state index contributed by atoms with van der Waals surface area (Å²) in [6.45, 7) is 4.01. The van der Waals surface area contributed by atoms with Crippen LogP contribution < -0.4 is 4.90 Å². The van der Waals surface area contributed by atoms with Crippen molar-refractivity contribution in [2.24, 2.45) is 5.92 Å². The van der Waals surface area contributed by atoms with Crippen molar-refractivity contribution in [3.05, 3.63) is 24.0 Å². The molecule has 1 heterocycles. The summed E-state index contributed by atoms with van der Waals surface area (Å²) < 4.78 is 0. The van der Waals surface area contributed by atoms with Crippen molar-refractivity contribution in [2.45, 2.75) is 13.8 Å². The van der Waals surface area contributed by atoms with E-state index in [0.717, 1.165) is 5.69 Å². The molecule has 0 fully saturated rings. The van der Waals surface area contributed by atoms with Crippen molar-refractivity contribution in [1.82, 2.24) is 4.98 Å². The highest BCUT2D eigenvalue weighted by Crippen LogP contribution is 2.13. The third-order valence-corrected chi connectivity index (χ3v) is 2.32. The Hall–Kier alpha value is -1.89. The van der Waals surface area contributed by atoms with Gasteiger partial charge in [0.25, 0.3) is 0 Å². The number of nitrogens with zero attached hydrogens (tertiary/aromatic N) is 3. The Morgan fingerprint density at radius 2 is 2.31 bits per heavy atom. The van der Waals surface area contributed by atoms with Gasteiger partial charge >= 0.3 is 0 Å². The Morgan fingerprint density at radius 1 is 1.62 bits per heavy atom. The molecule has 1 aromatic rings. The van der Waals surface area contributed by atoms with Crippen molar-refractivity contribution >= 4 is 11.5 Å². The van der Waals surface area contributed by atoms with Gasteiger partial charge in [0.2, 0.25) is 0 Å². The lowest BCUT2D eigenvalue weighted by atomic mass is 10.2. The maximum absolute atomic E-state index is 11.0. The lowest BCUT2D eigenvalue weighted by molar-refractivity contribution is 0.101. The van der Waals surface area contributed by atoms with Crippen molar-refractivity contribution in [1.29, 1.82) is 5.26 Å². The number of hydrogen-bond acceptors (Lipinski definition) is 4. The van der Waals surface area contributed by atoms with Crippen LogP contribution in [0.5, 0.6) is 0 Å². The van der Waals surface area contributed by atoms with E-state index in [4.69, 9.17) is 5.26 Å². The molecule has 16 heavy (non-hydrogen) atoms. The standard InChI is InChI=1S/C12H15N3O/c1-9(6-13)8-15(3)11-4-5-12(10(2)16)14-7-11/h4-5,7,9H,8H2,1-3H3. The maximum atomic E-state index is 11.0. The number of anilines is 1. The van der Waals surface area contributed by atoms with E-state index >= 15 is 0 Å². The van der Waals surface area contributed by atoms with E-state index in [1.165, 1.54) is 6.92 Å². The van der Waals surface area contributed by atoms with Gasteiger partial charge in [0.05, 0.1) is 23.9 Å². The first-order chi connectivity index (χ1) is 7.54. The van der Waals surface area contributed by atoms with Crippen LogP contribution in [0.4, 0.5) is 5.69 Å². The fraction of sp³-hybridized carbons (Fsp3) is 0.417. The van der Waals surface area contributed by atoms with E-state index in [1.807, 2.05) is 24.9 Å². The monoisotopic (exact) mass is 217 g/mol. The second kappa shape index (κ2) is 5.26. The molecule has 1 aromatic heterocycles. The van der Waals surface area contributed by atoms with E-state index in [-0.39, 0.29) is 11.7 Å². The summed E-state index contributed by atoms with van der Waals surface area (Å²) in [5, 5.41) is 8.71. The number of carbonyl (C=O) groups is 1. The second-order valence-electron chi connectivity index (χ2n) is 3.87. The summed E-state index contributed by atoms with van der Waals surface area (Å²) in [6.07, 6.45) is 1.65. The molecule has 0 amide bonds. The zero-order valence-corrected chi connectivity index (χ0v) is 9.77. The zero-order chi connectivity index (χ0) is 12.1. The summed E-state index contributed by atoms with van der Waals surface area (Å²) in [6, 6.07) is 5.72. The van der Waals surface area contributed by atoms with E-state index in [9.17, 15) is 4.79 Å².